The predicted octanol–water partition coefficient (Wildman–Crippen LogP) is 2.35. The van der Waals surface area contributed by atoms with Gasteiger partial charge in [0.15, 0.2) is 0 Å². The minimum Gasteiger partial charge on any atom is -0.373 e. The lowest BCUT2D eigenvalue weighted by Gasteiger charge is -2.56. The van der Waals surface area contributed by atoms with E-state index < -0.39 is 0 Å². The van der Waals surface area contributed by atoms with E-state index in [0.717, 1.165) is 29.9 Å². The predicted molar refractivity (Wildman–Crippen MR) is 80.7 cm³/mol. The first-order valence-electron chi connectivity index (χ1n) is 8.19. The zero-order valence-electron chi connectivity index (χ0n) is 12.4. The van der Waals surface area contributed by atoms with Crippen LogP contribution in [0.25, 0.3) is 0 Å². The Labute approximate surface area is 121 Å². The fourth-order valence-electron chi connectivity index (χ4n) is 5.56. The summed E-state index contributed by atoms with van der Waals surface area (Å²) in [7, 11) is 2.01. The molecule has 1 aromatic heterocycles. The van der Waals surface area contributed by atoms with Crippen molar-refractivity contribution in [2.75, 3.05) is 18.9 Å². The molecule has 4 saturated carbocycles. The Hall–Kier alpha value is -1.03. The largest absolute Gasteiger partial charge is 0.373 e. The molecule has 3 N–H and O–H groups in total. The van der Waals surface area contributed by atoms with Gasteiger partial charge in [0, 0.05) is 19.5 Å². The molecule has 4 heteroatoms. The van der Waals surface area contributed by atoms with Crippen LogP contribution >= 0.6 is 0 Å². The maximum absolute atomic E-state index is 5.70. The highest BCUT2D eigenvalue weighted by atomic mass is 15.4. The molecule has 0 spiro atoms. The molecule has 0 aromatic carbocycles. The summed E-state index contributed by atoms with van der Waals surface area (Å²) in [5, 5.41) is 8.29. The van der Waals surface area contributed by atoms with Gasteiger partial charge in [-0.2, -0.15) is 5.10 Å². The highest BCUT2D eigenvalue weighted by molar-refractivity contribution is 5.38. The summed E-state index contributed by atoms with van der Waals surface area (Å²) in [6.45, 7) is 0.682. The van der Waals surface area contributed by atoms with Crippen molar-refractivity contribution in [1.82, 2.24) is 9.78 Å². The maximum atomic E-state index is 5.70. The number of hydrogen-bond donors (Lipinski definition) is 2. The summed E-state index contributed by atoms with van der Waals surface area (Å²) in [6.07, 6.45) is 9.35. The second-order valence-corrected chi connectivity index (χ2v) is 7.36. The first-order valence-corrected chi connectivity index (χ1v) is 8.19. The van der Waals surface area contributed by atoms with Crippen LogP contribution in [0.2, 0.25) is 0 Å². The average Bonchev–Trinajstić information content (AvgIpc) is 2.81. The Morgan fingerprint density at radius 2 is 1.85 bits per heavy atom. The van der Waals surface area contributed by atoms with Crippen molar-refractivity contribution >= 4 is 5.82 Å². The normalized spacial score (nSPS) is 38.4. The van der Waals surface area contributed by atoms with Crippen molar-refractivity contribution < 1.29 is 0 Å². The summed E-state index contributed by atoms with van der Waals surface area (Å²) in [6, 6.07) is 2.20. The summed E-state index contributed by atoms with van der Waals surface area (Å²) < 4.78 is 2.35. The second kappa shape index (κ2) is 4.48. The van der Waals surface area contributed by atoms with Crippen LogP contribution in [0.4, 0.5) is 5.82 Å². The average molecular weight is 274 g/mol. The van der Waals surface area contributed by atoms with Crippen LogP contribution < -0.4 is 11.1 Å². The third-order valence-corrected chi connectivity index (χ3v) is 5.87. The van der Waals surface area contributed by atoms with Gasteiger partial charge in [-0.25, -0.2) is 4.68 Å². The summed E-state index contributed by atoms with van der Waals surface area (Å²) in [5.74, 6) is 4.05. The molecule has 0 radical (unpaired) electrons. The van der Waals surface area contributed by atoms with Gasteiger partial charge in [-0.15, -0.1) is 0 Å². The highest BCUT2D eigenvalue weighted by Crippen LogP contribution is 2.59. The van der Waals surface area contributed by atoms with E-state index in [1.165, 1.54) is 44.3 Å². The first-order chi connectivity index (χ1) is 9.72. The van der Waals surface area contributed by atoms with E-state index in [1.807, 2.05) is 7.05 Å². The van der Waals surface area contributed by atoms with E-state index in [-0.39, 0.29) is 0 Å². The zero-order chi connectivity index (χ0) is 13.7. The van der Waals surface area contributed by atoms with E-state index >= 15 is 0 Å². The topological polar surface area (TPSA) is 55.9 Å². The van der Waals surface area contributed by atoms with E-state index in [0.29, 0.717) is 12.1 Å². The van der Waals surface area contributed by atoms with Crippen molar-refractivity contribution in [2.24, 2.45) is 23.5 Å². The maximum Gasteiger partial charge on any atom is 0.124 e. The van der Waals surface area contributed by atoms with Gasteiger partial charge in [0.2, 0.25) is 0 Å². The van der Waals surface area contributed by atoms with Crippen LogP contribution in [0.5, 0.6) is 0 Å². The minimum atomic E-state index is 0.305. The summed E-state index contributed by atoms with van der Waals surface area (Å²) >= 11 is 0. The molecule has 1 heterocycles. The first kappa shape index (κ1) is 12.7. The molecular weight excluding hydrogens is 248 g/mol. The van der Waals surface area contributed by atoms with E-state index in [9.17, 15) is 0 Å². The van der Waals surface area contributed by atoms with Crippen molar-refractivity contribution in [1.29, 1.82) is 0 Å². The molecule has 0 saturated heterocycles. The fourth-order valence-corrected chi connectivity index (χ4v) is 5.56. The number of nitrogens with one attached hydrogen (secondary N) is 1. The number of rotatable bonds is 4. The molecule has 0 amide bonds. The molecule has 110 valence electrons. The van der Waals surface area contributed by atoms with Gasteiger partial charge in [0.05, 0.1) is 11.2 Å². The van der Waals surface area contributed by atoms with Gasteiger partial charge in [-0.3, -0.25) is 0 Å². The SMILES string of the molecule is CNc1cc(CCN)nn1C12CC3CC(CC(C3)C1)C2. The number of anilines is 1. The van der Waals surface area contributed by atoms with Crippen molar-refractivity contribution in [3.8, 4) is 0 Å². The van der Waals surface area contributed by atoms with Crippen LogP contribution in [-0.4, -0.2) is 23.4 Å². The molecule has 0 aliphatic heterocycles. The quantitative estimate of drug-likeness (QED) is 0.886. The second-order valence-electron chi connectivity index (χ2n) is 7.36. The van der Waals surface area contributed by atoms with Gasteiger partial charge in [-0.05, 0) is 62.8 Å². The molecule has 1 aromatic rings. The number of hydrogen-bond acceptors (Lipinski definition) is 3. The zero-order valence-corrected chi connectivity index (χ0v) is 12.4. The molecule has 4 aliphatic rings. The van der Waals surface area contributed by atoms with Gasteiger partial charge < -0.3 is 11.1 Å². The Balaban J connectivity index is 1.72. The Bertz CT molecular complexity index is 469. The van der Waals surface area contributed by atoms with Crippen LogP contribution in [0, 0.1) is 17.8 Å². The molecule has 20 heavy (non-hydrogen) atoms. The lowest BCUT2D eigenvalue weighted by atomic mass is 9.53. The minimum absolute atomic E-state index is 0.305. The van der Waals surface area contributed by atoms with Crippen molar-refractivity contribution in [2.45, 2.75) is 50.5 Å². The molecule has 5 rings (SSSR count). The van der Waals surface area contributed by atoms with Crippen LogP contribution in [0.15, 0.2) is 6.07 Å². The highest BCUT2D eigenvalue weighted by Gasteiger charge is 2.53. The van der Waals surface area contributed by atoms with E-state index in [1.54, 1.807) is 0 Å². The smallest absolute Gasteiger partial charge is 0.124 e. The van der Waals surface area contributed by atoms with Crippen molar-refractivity contribution in [3.05, 3.63) is 11.8 Å². The molecule has 0 unspecified atom stereocenters. The van der Waals surface area contributed by atoms with Gasteiger partial charge in [-0.1, -0.05) is 0 Å². The van der Waals surface area contributed by atoms with Crippen molar-refractivity contribution in [3.63, 3.8) is 0 Å². The van der Waals surface area contributed by atoms with Gasteiger partial charge in [0.25, 0.3) is 0 Å². The van der Waals surface area contributed by atoms with Gasteiger partial charge >= 0.3 is 0 Å². The fraction of sp³-hybridized carbons (Fsp3) is 0.812. The molecule has 4 fully saturated rings. The molecule has 4 nitrogen and oxygen atoms in total. The molecular formula is C16H26N4. The summed E-state index contributed by atoms with van der Waals surface area (Å²) in [5.41, 5.74) is 7.15. The number of aromatic nitrogens is 2. The summed E-state index contributed by atoms with van der Waals surface area (Å²) in [4.78, 5) is 0. The Kier molecular flexibility index (Phi) is 2.85. The van der Waals surface area contributed by atoms with Crippen LogP contribution in [0.1, 0.15) is 44.2 Å². The molecule has 4 aliphatic carbocycles. The Morgan fingerprint density at radius 3 is 2.35 bits per heavy atom. The van der Waals surface area contributed by atoms with E-state index in [2.05, 4.69) is 16.1 Å². The van der Waals surface area contributed by atoms with Crippen LogP contribution in [-0.2, 0) is 12.0 Å². The van der Waals surface area contributed by atoms with Gasteiger partial charge in [0.1, 0.15) is 5.82 Å². The monoisotopic (exact) mass is 274 g/mol. The molecule has 4 bridgehead atoms. The lowest BCUT2D eigenvalue weighted by Crippen LogP contribution is -2.52. The van der Waals surface area contributed by atoms with E-state index in [4.69, 9.17) is 10.8 Å². The van der Waals surface area contributed by atoms with Crippen LogP contribution in [0.3, 0.4) is 0 Å². The Morgan fingerprint density at radius 1 is 1.25 bits per heavy atom. The third-order valence-electron chi connectivity index (χ3n) is 5.87. The third kappa shape index (κ3) is 1.80. The number of nitrogens with two attached hydrogens (primary N) is 1. The lowest BCUT2D eigenvalue weighted by molar-refractivity contribution is -0.0483. The number of nitrogens with zero attached hydrogens (tertiary/aromatic N) is 2. The molecule has 0 atom stereocenters. The standard InChI is InChI=1S/C16H26N4/c1-18-15-7-14(2-3-17)19-20(15)16-8-11-4-12(9-16)6-13(5-11)10-16/h7,11-13,18H,2-6,8-10,17H2,1H3.